The summed E-state index contributed by atoms with van der Waals surface area (Å²) in [6.07, 6.45) is 1.38. The highest BCUT2D eigenvalue weighted by Gasteiger charge is 2.23. The molecule has 2 aromatic carbocycles. The van der Waals surface area contributed by atoms with Crippen molar-refractivity contribution < 1.29 is 14.3 Å². The van der Waals surface area contributed by atoms with Gasteiger partial charge in [-0.25, -0.2) is 0 Å². The molecule has 25 heavy (non-hydrogen) atoms. The summed E-state index contributed by atoms with van der Waals surface area (Å²) in [5.74, 6) is 0.393. The van der Waals surface area contributed by atoms with Crippen molar-refractivity contribution in [2.24, 2.45) is 0 Å². The Morgan fingerprint density at radius 3 is 2.64 bits per heavy atom. The number of benzene rings is 2. The second kappa shape index (κ2) is 7.89. The van der Waals surface area contributed by atoms with Crippen molar-refractivity contribution in [1.82, 2.24) is 0 Å². The first-order valence-corrected chi connectivity index (χ1v) is 8.98. The van der Waals surface area contributed by atoms with Crippen molar-refractivity contribution in [1.29, 1.82) is 0 Å². The quantitative estimate of drug-likeness (QED) is 0.782. The highest BCUT2D eigenvalue weighted by molar-refractivity contribution is 9.10. The van der Waals surface area contributed by atoms with E-state index in [1.54, 1.807) is 35.2 Å². The monoisotopic (exact) mass is 422 g/mol. The van der Waals surface area contributed by atoms with Gasteiger partial charge in [-0.05, 0) is 48.9 Å². The van der Waals surface area contributed by atoms with Gasteiger partial charge in [0.25, 0.3) is 5.91 Å². The molecule has 1 aliphatic heterocycles. The molecule has 1 aliphatic rings. The van der Waals surface area contributed by atoms with Gasteiger partial charge < -0.3 is 15.0 Å². The topological polar surface area (TPSA) is 58.6 Å². The van der Waals surface area contributed by atoms with Crippen LogP contribution in [-0.2, 0) is 9.59 Å². The molecule has 2 amide bonds. The fourth-order valence-electron chi connectivity index (χ4n) is 2.58. The van der Waals surface area contributed by atoms with Crippen LogP contribution in [0.1, 0.15) is 12.8 Å². The molecule has 0 aliphatic carbocycles. The van der Waals surface area contributed by atoms with E-state index in [2.05, 4.69) is 21.2 Å². The fraction of sp³-hybridized carbons (Fsp3) is 0.222. The molecule has 130 valence electrons. The van der Waals surface area contributed by atoms with Crippen LogP contribution in [0.3, 0.4) is 0 Å². The SMILES string of the molecule is O=C(COc1ccc(Br)cc1)Nc1ccc(N2CCCC2=O)c(Cl)c1. The number of rotatable bonds is 5. The maximum absolute atomic E-state index is 12.0. The molecule has 0 saturated carbocycles. The molecule has 0 aromatic heterocycles. The van der Waals surface area contributed by atoms with Crippen LogP contribution in [0.15, 0.2) is 46.9 Å². The van der Waals surface area contributed by atoms with Crippen LogP contribution in [0.4, 0.5) is 11.4 Å². The number of ether oxygens (including phenoxy) is 1. The first-order chi connectivity index (χ1) is 12.0. The van der Waals surface area contributed by atoms with Crippen LogP contribution in [-0.4, -0.2) is 25.0 Å². The Morgan fingerprint density at radius 2 is 2.00 bits per heavy atom. The molecule has 0 atom stereocenters. The molecule has 0 unspecified atom stereocenters. The highest BCUT2D eigenvalue weighted by atomic mass is 79.9. The van der Waals surface area contributed by atoms with Crippen molar-refractivity contribution >= 4 is 50.7 Å². The summed E-state index contributed by atoms with van der Waals surface area (Å²) < 4.78 is 6.37. The largest absolute Gasteiger partial charge is 0.484 e. The Hall–Kier alpha value is -2.05. The lowest BCUT2D eigenvalue weighted by Crippen LogP contribution is -2.24. The molecule has 0 spiro atoms. The van der Waals surface area contributed by atoms with Gasteiger partial charge in [0, 0.05) is 23.1 Å². The summed E-state index contributed by atoms with van der Waals surface area (Å²) >= 11 is 9.60. The molecule has 1 saturated heterocycles. The smallest absolute Gasteiger partial charge is 0.262 e. The molecule has 0 bridgehead atoms. The molecule has 2 aromatic rings. The molecule has 1 N–H and O–H groups in total. The summed E-state index contributed by atoms with van der Waals surface area (Å²) in [7, 11) is 0. The number of hydrogen-bond donors (Lipinski definition) is 1. The summed E-state index contributed by atoms with van der Waals surface area (Å²) in [6, 6.07) is 12.3. The van der Waals surface area contributed by atoms with Gasteiger partial charge in [0.1, 0.15) is 5.75 Å². The molecule has 7 heteroatoms. The van der Waals surface area contributed by atoms with E-state index in [1.807, 2.05) is 12.1 Å². The number of hydrogen-bond acceptors (Lipinski definition) is 3. The zero-order valence-corrected chi connectivity index (χ0v) is 15.6. The molecule has 3 rings (SSSR count). The van der Waals surface area contributed by atoms with Gasteiger partial charge >= 0.3 is 0 Å². The predicted molar refractivity (Wildman–Crippen MR) is 101 cm³/mol. The van der Waals surface area contributed by atoms with Crippen molar-refractivity contribution in [3.8, 4) is 5.75 Å². The van der Waals surface area contributed by atoms with Crippen LogP contribution in [0, 0.1) is 0 Å². The third-order valence-corrected chi connectivity index (χ3v) is 4.61. The minimum atomic E-state index is -0.288. The average molecular weight is 424 g/mol. The third-order valence-electron chi connectivity index (χ3n) is 3.78. The molecule has 1 fully saturated rings. The van der Waals surface area contributed by atoms with E-state index >= 15 is 0 Å². The lowest BCUT2D eigenvalue weighted by Gasteiger charge is -2.18. The van der Waals surface area contributed by atoms with Crippen molar-refractivity contribution in [2.45, 2.75) is 12.8 Å². The fourth-order valence-corrected chi connectivity index (χ4v) is 3.13. The minimum Gasteiger partial charge on any atom is -0.484 e. The Kier molecular flexibility index (Phi) is 5.60. The number of nitrogens with zero attached hydrogens (tertiary/aromatic N) is 1. The van der Waals surface area contributed by atoms with Crippen LogP contribution in [0.5, 0.6) is 5.75 Å². The zero-order chi connectivity index (χ0) is 17.8. The van der Waals surface area contributed by atoms with Crippen LogP contribution in [0.25, 0.3) is 0 Å². The van der Waals surface area contributed by atoms with Gasteiger partial charge in [-0.3, -0.25) is 9.59 Å². The summed E-state index contributed by atoms with van der Waals surface area (Å²) in [4.78, 5) is 25.5. The van der Waals surface area contributed by atoms with E-state index in [1.165, 1.54) is 0 Å². The third kappa shape index (κ3) is 4.52. The normalized spacial score (nSPS) is 13.8. The Labute approximate surface area is 159 Å². The Bertz CT molecular complexity index is 795. The van der Waals surface area contributed by atoms with E-state index in [0.29, 0.717) is 35.1 Å². The van der Waals surface area contributed by atoms with E-state index in [-0.39, 0.29) is 18.4 Å². The van der Waals surface area contributed by atoms with Gasteiger partial charge in [0.05, 0.1) is 10.7 Å². The van der Waals surface area contributed by atoms with Gasteiger partial charge in [0.2, 0.25) is 5.91 Å². The number of nitrogens with one attached hydrogen (secondary N) is 1. The Morgan fingerprint density at radius 1 is 1.24 bits per heavy atom. The first kappa shape index (κ1) is 17.8. The predicted octanol–water partition coefficient (Wildman–Crippen LogP) is 4.25. The number of anilines is 2. The maximum Gasteiger partial charge on any atom is 0.262 e. The lowest BCUT2D eigenvalue weighted by atomic mass is 10.2. The van der Waals surface area contributed by atoms with Crippen molar-refractivity contribution in [3.63, 3.8) is 0 Å². The zero-order valence-electron chi connectivity index (χ0n) is 13.3. The number of carbonyl (C=O) groups excluding carboxylic acids is 2. The minimum absolute atomic E-state index is 0.0709. The molecular weight excluding hydrogens is 408 g/mol. The number of halogens is 2. The van der Waals surface area contributed by atoms with Crippen LogP contribution < -0.4 is 15.0 Å². The number of carbonyl (C=O) groups is 2. The van der Waals surface area contributed by atoms with E-state index in [9.17, 15) is 9.59 Å². The first-order valence-electron chi connectivity index (χ1n) is 7.81. The number of amides is 2. The molecular formula is C18H16BrClN2O3. The summed E-state index contributed by atoms with van der Waals surface area (Å²) in [5.41, 5.74) is 1.23. The standard InChI is InChI=1S/C18H16BrClN2O3/c19-12-3-6-14(7-4-12)25-11-17(23)21-13-5-8-16(15(20)10-13)22-9-1-2-18(22)24/h3-8,10H,1-2,9,11H2,(H,21,23). The average Bonchev–Trinajstić information content (AvgIpc) is 3.00. The van der Waals surface area contributed by atoms with Crippen molar-refractivity contribution in [3.05, 3.63) is 52.0 Å². The van der Waals surface area contributed by atoms with Gasteiger partial charge in [-0.1, -0.05) is 27.5 Å². The second-order valence-corrected chi connectivity index (χ2v) is 6.93. The van der Waals surface area contributed by atoms with Crippen LogP contribution >= 0.6 is 27.5 Å². The van der Waals surface area contributed by atoms with E-state index in [0.717, 1.165) is 10.9 Å². The second-order valence-electron chi connectivity index (χ2n) is 5.61. The summed E-state index contributed by atoms with van der Waals surface area (Å²) in [5, 5.41) is 3.16. The summed E-state index contributed by atoms with van der Waals surface area (Å²) in [6.45, 7) is 0.566. The van der Waals surface area contributed by atoms with Crippen molar-refractivity contribution in [2.75, 3.05) is 23.4 Å². The molecule has 1 heterocycles. The molecule has 5 nitrogen and oxygen atoms in total. The van der Waals surface area contributed by atoms with Gasteiger partial charge in [-0.15, -0.1) is 0 Å². The Balaban J connectivity index is 1.58. The molecule has 0 radical (unpaired) electrons. The van der Waals surface area contributed by atoms with Gasteiger partial charge in [-0.2, -0.15) is 0 Å². The highest BCUT2D eigenvalue weighted by Crippen LogP contribution is 2.31. The van der Waals surface area contributed by atoms with Gasteiger partial charge in [0.15, 0.2) is 6.61 Å². The van der Waals surface area contributed by atoms with E-state index < -0.39 is 0 Å². The maximum atomic E-state index is 12.0. The van der Waals surface area contributed by atoms with E-state index in [4.69, 9.17) is 16.3 Å². The lowest BCUT2D eigenvalue weighted by molar-refractivity contribution is -0.118. The van der Waals surface area contributed by atoms with Crippen LogP contribution in [0.2, 0.25) is 5.02 Å².